The molecule has 1 aromatic carbocycles. The number of hydrogen-bond acceptors (Lipinski definition) is 3. The molecular weight excluding hydrogens is 250 g/mol. The summed E-state index contributed by atoms with van der Waals surface area (Å²) in [5.41, 5.74) is 3.65. The number of rotatable bonds is 6. The topological polar surface area (TPSA) is 39.1 Å². The Labute approximate surface area is 120 Å². The average molecular weight is 273 g/mol. The van der Waals surface area contributed by atoms with Gasteiger partial charge in [-0.05, 0) is 19.4 Å². The maximum absolute atomic E-state index is 5.35. The first-order valence-electron chi connectivity index (χ1n) is 6.92. The summed E-state index contributed by atoms with van der Waals surface area (Å²) in [7, 11) is 3.70. The Morgan fingerprint density at radius 2 is 2.00 bits per heavy atom. The fourth-order valence-electron chi connectivity index (χ4n) is 2.42. The zero-order valence-corrected chi connectivity index (χ0v) is 12.6. The first kappa shape index (κ1) is 14.8. The molecule has 2 rings (SSSR count). The van der Waals surface area contributed by atoms with E-state index in [-0.39, 0.29) is 12.1 Å². The smallest absolute Gasteiger partial charge is 0.0657 e. The highest BCUT2D eigenvalue weighted by Gasteiger charge is 2.18. The van der Waals surface area contributed by atoms with E-state index in [1.165, 1.54) is 16.8 Å². The van der Waals surface area contributed by atoms with Gasteiger partial charge in [0.25, 0.3) is 0 Å². The van der Waals surface area contributed by atoms with Crippen molar-refractivity contribution in [2.24, 2.45) is 7.05 Å². The van der Waals surface area contributed by atoms with E-state index in [1.54, 1.807) is 7.11 Å². The number of nitrogens with zero attached hydrogens (tertiary/aromatic N) is 2. The average Bonchev–Trinajstić information content (AvgIpc) is 2.79. The maximum Gasteiger partial charge on any atom is 0.0657 e. The van der Waals surface area contributed by atoms with Gasteiger partial charge in [0.2, 0.25) is 0 Å². The van der Waals surface area contributed by atoms with Crippen LogP contribution in [-0.2, 0) is 11.8 Å². The summed E-state index contributed by atoms with van der Waals surface area (Å²) in [6.45, 7) is 4.90. The van der Waals surface area contributed by atoms with E-state index >= 15 is 0 Å². The van der Waals surface area contributed by atoms with Crippen LogP contribution in [0.15, 0.2) is 36.5 Å². The van der Waals surface area contributed by atoms with Crippen molar-refractivity contribution in [3.8, 4) is 0 Å². The minimum atomic E-state index is 0.177. The zero-order chi connectivity index (χ0) is 14.5. The van der Waals surface area contributed by atoms with Crippen LogP contribution < -0.4 is 5.32 Å². The Balaban J connectivity index is 2.14. The molecule has 108 valence electrons. The van der Waals surface area contributed by atoms with Gasteiger partial charge < -0.3 is 10.1 Å². The molecule has 1 heterocycles. The minimum Gasteiger partial charge on any atom is -0.383 e. The lowest BCUT2D eigenvalue weighted by Crippen LogP contribution is -2.28. The second kappa shape index (κ2) is 6.68. The molecule has 0 aliphatic carbocycles. The number of benzene rings is 1. The van der Waals surface area contributed by atoms with Gasteiger partial charge in [0, 0.05) is 31.5 Å². The molecule has 0 saturated heterocycles. The van der Waals surface area contributed by atoms with E-state index in [4.69, 9.17) is 4.74 Å². The van der Waals surface area contributed by atoms with Gasteiger partial charge in [0.15, 0.2) is 0 Å². The Hall–Kier alpha value is -1.65. The van der Waals surface area contributed by atoms with Crippen molar-refractivity contribution >= 4 is 0 Å². The fraction of sp³-hybridized carbons (Fsp3) is 0.438. The molecule has 1 aromatic heterocycles. The van der Waals surface area contributed by atoms with Crippen LogP contribution in [-0.4, -0.2) is 23.5 Å². The SMILES string of the molecule is COCC(NC(C)c1cnn(C)c1C)c1ccccc1. The highest BCUT2D eigenvalue weighted by molar-refractivity contribution is 5.23. The Bertz CT molecular complexity index is 536. The number of nitrogens with one attached hydrogen (secondary N) is 1. The van der Waals surface area contributed by atoms with Gasteiger partial charge in [-0.25, -0.2) is 0 Å². The molecule has 2 atom stereocenters. The summed E-state index contributed by atoms with van der Waals surface area (Å²) in [6, 6.07) is 10.8. The highest BCUT2D eigenvalue weighted by Crippen LogP contribution is 2.21. The van der Waals surface area contributed by atoms with Gasteiger partial charge in [-0.3, -0.25) is 4.68 Å². The van der Waals surface area contributed by atoms with Gasteiger partial charge in [0.05, 0.1) is 18.8 Å². The molecule has 4 heteroatoms. The molecule has 0 bridgehead atoms. The van der Waals surface area contributed by atoms with E-state index in [2.05, 4.69) is 48.5 Å². The Morgan fingerprint density at radius 3 is 2.55 bits per heavy atom. The third-order valence-electron chi connectivity index (χ3n) is 3.73. The summed E-state index contributed by atoms with van der Waals surface area (Å²) in [5, 5.41) is 7.93. The maximum atomic E-state index is 5.35. The van der Waals surface area contributed by atoms with E-state index in [9.17, 15) is 0 Å². The monoisotopic (exact) mass is 273 g/mol. The van der Waals surface area contributed by atoms with Gasteiger partial charge in [-0.2, -0.15) is 5.10 Å². The summed E-state index contributed by atoms with van der Waals surface area (Å²) in [4.78, 5) is 0. The van der Waals surface area contributed by atoms with Crippen LogP contribution in [0.4, 0.5) is 0 Å². The lowest BCUT2D eigenvalue weighted by Gasteiger charge is -2.23. The first-order valence-corrected chi connectivity index (χ1v) is 6.92. The molecule has 0 amide bonds. The normalized spacial score (nSPS) is 14.2. The van der Waals surface area contributed by atoms with Crippen LogP contribution in [0.3, 0.4) is 0 Å². The lowest BCUT2D eigenvalue weighted by molar-refractivity contribution is 0.162. The standard InChI is InChI=1S/C16H23N3O/c1-12(15-10-17-19(3)13(15)2)18-16(11-20-4)14-8-6-5-7-9-14/h5-10,12,16,18H,11H2,1-4H3. The highest BCUT2D eigenvalue weighted by atomic mass is 16.5. The molecule has 0 spiro atoms. The van der Waals surface area contributed by atoms with Crippen LogP contribution in [0, 0.1) is 6.92 Å². The summed E-state index contributed by atoms with van der Waals surface area (Å²) >= 11 is 0. The number of aryl methyl sites for hydroxylation is 1. The molecule has 0 radical (unpaired) electrons. The molecule has 20 heavy (non-hydrogen) atoms. The molecule has 0 aliphatic heterocycles. The lowest BCUT2D eigenvalue weighted by atomic mass is 10.0. The van der Waals surface area contributed by atoms with Gasteiger partial charge in [-0.15, -0.1) is 0 Å². The third kappa shape index (κ3) is 3.26. The molecular formula is C16H23N3O. The minimum absolute atomic E-state index is 0.177. The predicted octanol–water partition coefficient (Wildman–Crippen LogP) is 2.77. The molecule has 1 N–H and O–H groups in total. The zero-order valence-electron chi connectivity index (χ0n) is 12.6. The van der Waals surface area contributed by atoms with E-state index < -0.39 is 0 Å². The number of hydrogen-bond donors (Lipinski definition) is 1. The van der Waals surface area contributed by atoms with Crippen LogP contribution in [0.1, 0.15) is 35.8 Å². The van der Waals surface area contributed by atoms with Crippen molar-refractivity contribution in [1.29, 1.82) is 0 Å². The third-order valence-corrected chi connectivity index (χ3v) is 3.73. The van der Waals surface area contributed by atoms with Gasteiger partial charge in [-0.1, -0.05) is 30.3 Å². The first-order chi connectivity index (χ1) is 9.63. The summed E-state index contributed by atoms with van der Waals surface area (Å²) in [6.07, 6.45) is 1.93. The molecule has 2 unspecified atom stereocenters. The summed E-state index contributed by atoms with van der Waals surface area (Å²) in [5.74, 6) is 0. The van der Waals surface area contributed by atoms with Crippen LogP contribution in [0.5, 0.6) is 0 Å². The van der Waals surface area contributed by atoms with Crippen LogP contribution in [0.2, 0.25) is 0 Å². The van der Waals surface area contributed by atoms with Crippen LogP contribution >= 0.6 is 0 Å². The molecule has 0 aliphatic rings. The van der Waals surface area contributed by atoms with Crippen molar-refractivity contribution < 1.29 is 4.74 Å². The largest absolute Gasteiger partial charge is 0.383 e. The number of aromatic nitrogens is 2. The van der Waals surface area contributed by atoms with Crippen LogP contribution in [0.25, 0.3) is 0 Å². The molecule has 0 saturated carbocycles. The quantitative estimate of drug-likeness (QED) is 0.879. The van der Waals surface area contributed by atoms with Crippen molar-refractivity contribution in [2.45, 2.75) is 25.9 Å². The Kier molecular flexibility index (Phi) is 4.93. The van der Waals surface area contributed by atoms with Gasteiger partial charge >= 0.3 is 0 Å². The van der Waals surface area contributed by atoms with Crippen molar-refractivity contribution in [1.82, 2.24) is 15.1 Å². The van der Waals surface area contributed by atoms with Crippen molar-refractivity contribution in [2.75, 3.05) is 13.7 Å². The predicted molar refractivity (Wildman–Crippen MR) is 80.6 cm³/mol. The fourth-order valence-corrected chi connectivity index (χ4v) is 2.42. The van der Waals surface area contributed by atoms with E-state index in [0.717, 1.165) is 0 Å². The molecule has 0 fully saturated rings. The summed E-state index contributed by atoms with van der Waals surface area (Å²) < 4.78 is 7.25. The second-order valence-electron chi connectivity index (χ2n) is 5.12. The molecule has 2 aromatic rings. The van der Waals surface area contributed by atoms with E-state index in [0.29, 0.717) is 6.61 Å². The van der Waals surface area contributed by atoms with Gasteiger partial charge in [0.1, 0.15) is 0 Å². The van der Waals surface area contributed by atoms with Crippen molar-refractivity contribution in [3.05, 3.63) is 53.3 Å². The number of ether oxygens (including phenoxy) is 1. The van der Waals surface area contributed by atoms with Crippen molar-refractivity contribution in [3.63, 3.8) is 0 Å². The van der Waals surface area contributed by atoms with E-state index in [1.807, 2.05) is 24.0 Å². The second-order valence-corrected chi connectivity index (χ2v) is 5.12. The molecule has 4 nitrogen and oxygen atoms in total. The number of methoxy groups -OCH3 is 1. The Morgan fingerprint density at radius 1 is 1.30 bits per heavy atom.